The van der Waals surface area contributed by atoms with Crippen LogP contribution in [0.2, 0.25) is 0 Å². The molecular formula is C19H24N2O7. The Morgan fingerprint density at radius 1 is 1.21 bits per heavy atom. The Balaban J connectivity index is 2.10. The molecule has 2 atom stereocenters. The number of esters is 1. The number of carbonyl (C=O) groups excluding carboxylic acids is 3. The number of rotatable bonds is 4. The van der Waals surface area contributed by atoms with E-state index in [1.54, 1.807) is 27.7 Å². The van der Waals surface area contributed by atoms with Crippen molar-refractivity contribution in [3.8, 4) is 0 Å². The van der Waals surface area contributed by atoms with Crippen LogP contribution in [0.5, 0.6) is 0 Å². The minimum Gasteiger partial charge on any atom is -0.458 e. The van der Waals surface area contributed by atoms with Crippen LogP contribution in [0.3, 0.4) is 0 Å². The van der Waals surface area contributed by atoms with Crippen LogP contribution < -0.4 is 0 Å². The van der Waals surface area contributed by atoms with Gasteiger partial charge in [-0.05, 0) is 51.3 Å². The van der Waals surface area contributed by atoms with Crippen LogP contribution in [0.4, 0.5) is 10.5 Å². The van der Waals surface area contributed by atoms with Gasteiger partial charge in [-0.25, -0.2) is 14.5 Å². The first-order chi connectivity index (χ1) is 13.0. The molecule has 0 unspecified atom stereocenters. The van der Waals surface area contributed by atoms with Gasteiger partial charge in [0.1, 0.15) is 18.2 Å². The summed E-state index contributed by atoms with van der Waals surface area (Å²) in [7, 11) is 0. The lowest BCUT2D eigenvalue weighted by Gasteiger charge is -2.35. The number of carbonyl (C=O) groups is 3. The molecule has 9 nitrogen and oxygen atoms in total. The SMILES string of the molecule is C[C@H]1CC[C@@H](C(=O)OC(C)(C)C)N(C(=O)OCc2ccc([N+](=O)[O-])cc2)C1=O. The Morgan fingerprint density at radius 3 is 2.36 bits per heavy atom. The van der Waals surface area contributed by atoms with E-state index in [0.29, 0.717) is 18.4 Å². The minimum absolute atomic E-state index is 0.0832. The van der Waals surface area contributed by atoms with E-state index in [4.69, 9.17) is 9.47 Å². The van der Waals surface area contributed by atoms with Crippen LogP contribution >= 0.6 is 0 Å². The maximum absolute atomic E-state index is 12.5. The zero-order valence-electron chi connectivity index (χ0n) is 16.3. The number of ether oxygens (including phenoxy) is 2. The van der Waals surface area contributed by atoms with Gasteiger partial charge in [-0.1, -0.05) is 6.92 Å². The Morgan fingerprint density at radius 2 is 1.82 bits per heavy atom. The van der Waals surface area contributed by atoms with Crippen molar-refractivity contribution in [2.45, 2.75) is 58.8 Å². The number of imide groups is 1. The molecule has 1 aliphatic rings. The van der Waals surface area contributed by atoms with E-state index in [-0.39, 0.29) is 12.3 Å². The lowest BCUT2D eigenvalue weighted by Crippen LogP contribution is -2.55. The molecule has 1 aliphatic heterocycles. The predicted octanol–water partition coefficient (Wildman–Crippen LogP) is 3.20. The van der Waals surface area contributed by atoms with Gasteiger partial charge in [0.25, 0.3) is 5.69 Å². The number of non-ortho nitro benzene ring substituents is 1. The van der Waals surface area contributed by atoms with Crippen LogP contribution in [-0.4, -0.2) is 39.4 Å². The van der Waals surface area contributed by atoms with Crippen molar-refractivity contribution in [2.24, 2.45) is 5.92 Å². The van der Waals surface area contributed by atoms with Crippen molar-refractivity contribution in [3.05, 3.63) is 39.9 Å². The van der Waals surface area contributed by atoms with E-state index in [0.717, 1.165) is 4.90 Å². The molecule has 2 amide bonds. The highest BCUT2D eigenvalue weighted by Crippen LogP contribution is 2.26. The third-order valence-electron chi connectivity index (χ3n) is 4.23. The number of nitro benzene ring substituents is 1. The molecular weight excluding hydrogens is 368 g/mol. The number of nitro groups is 1. The van der Waals surface area contributed by atoms with E-state index in [1.807, 2.05) is 0 Å². The zero-order valence-corrected chi connectivity index (χ0v) is 16.3. The topological polar surface area (TPSA) is 116 Å². The highest BCUT2D eigenvalue weighted by molar-refractivity contribution is 5.98. The van der Waals surface area contributed by atoms with E-state index in [1.165, 1.54) is 24.3 Å². The molecule has 28 heavy (non-hydrogen) atoms. The Hall–Kier alpha value is -2.97. The summed E-state index contributed by atoms with van der Waals surface area (Å²) in [6.45, 7) is 6.61. The van der Waals surface area contributed by atoms with Gasteiger partial charge in [0.05, 0.1) is 4.92 Å². The summed E-state index contributed by atoms with van der Waals surface area (Å²) in [5.41, 5.74) is -0.317. The van der Waals surface area contributed by atoms with Gasteiger partial charge in [0, 0.05) is 18.1 Å². The highest BCUT2D eigenvalue weighted by atomic mass is 16.6. The number of hydrogen-bond donors (Lipinski definition) is 0. The molecule has 0 bridgehead atoms. The first-order valence-electron chi connectivity index (χ1n) is 8.95. The molecule has 1 aromatic carbocycles. The number of benzene rings is 1. The lowest BCUT2D eigenvalue weighted by atomic mass is 9.93. The smallest absolute Gasteiger partial charge is 0.417 e. The third-order valence-corrected chi connectivity index (χ3v) is 4.23. The van der Waals surface area contributed by atoms with Crippen LogP contribution in [0, 0.1) is 16.0 Å². The highest BCUT2D eigenvalue weighted by Gasteiger charge is 2.43. The molecule has 1 aromatic rings. The second-order valence-corrected chi connectivity index (χ2v) is 7.71. The van der Waals surface area contributed by atoms with E-state index < -0.39 is 40.5 Å². The zero-order chi connectivity index (χ0) is 21.1. The molecule has 0 spiro atoms. The fourth-order valence-electron chi connectivity index (χ4n) is 2.79. The summed E-state index contributed by atoms with van der Waals surface area (Å²) >= 11 is 0. The molecule has 0 saturated carbocycles. The first kappa shape index (κ1) is 21.3. The van der Waals surface area contributed by atoms with E-state index in [9.17, 15) is 24.5 Å². The normalized spacial score (nSPS) is 19.9. The fraction of sp³-hybridized carbons (Fsp3) is 0.526. The number of piperidine rings is 1. The molecule has 0 aromatic heterocycles. The number of likely N-dealkylation sites (tertiary alicyclic amines) is 1. The molecule has 9 heteroatoms. The fourth-order valence-corrected chi connectivity index (χ4v) is 2.79. The second kappa shape index (κ2) is 8.37. The number of amides is 2. The van der Waals surface area contributed by atoms with Crippen molar-refractivity contribution in [1.82, 2.24) is 4.90 Å². The summed E-state index contributed by atoms with van der Waals surface area (Å²) in [5, 5.41) is 10.7. The Kier molecular flexibility index (Phi) is 6.37. The van der Waals surface area contributed by atoms with Gasteiger partial charge in [-0.2, -0.15) is 0 Å². The van der Waals surface area contributed by atoms with Crippen molar-refractivity contribution >= 4 is 23.7 Å². The summed E-state index contributed by atoms with van der Waals surface area (Å²) in [6.07, 6.45) is -0.172. The quantitative estimate of drug-likeness (QED) is 0.439. The molecule has 0 aliphatic carbocycles. The Labute approximate surface area is 162 Å². The maximum Gasteiger partial charge on any atom is 0.417 e. The van der Waals surface area contributed by atoms with Gasteiger partial charge in [0.15, 0.2) is 0 Å². The monoisotopic (exact) mass is 392 g/mol. The number of hydrogen-bond acceptors (Lipinski definition) is 7. The standard InChI is InChI=1S/C19H24N2O7/c1-12-5-10-15(17(23)28-19(2,3)4)20(16(12)22)18(24)27-11-13-6-8-14(9-7-13)21(25)26/h6-9,12,15H,5,10-11H2,1-4H3/t12-,15-/m0/s1. The molecule has 0 N–H and O–H groups in total. The lowest BCUT2D eigenvalue weighted by molar-refractivity contribution is -0.384. The average Bonchev–Trinajstić information content (AvgIpc) is 2.60. The summed E-state index contributed by atoms with van der Waals surface area (Å²) < 4.78 is 10.5. The van der Waals surface area contributed by atoms with Crippen LogP contribution in [0.15, 0.2) is 24.3 Å². The summed E-state index contributed by atoms with van der Waals surface area (Å²) in [6, 6.07) is 4.46. The summed E-state index contributed by atoms with van der Waals surface area (Å²) in [5.74, 6) is -1.55. The molecule has 1 heterocycles. The number of nitrogens with zero attached hydrogens (tertiary/aromatic N) is 2. The van der Waals surface area contributed by atoms with Gasteiger partial charge < -0.3 is 9.47 Å². The molecule has 1 saturated heterocycles. The molecule has 1 fully saturated rings. The van der Waals surface area contributed by atoms with Crippen LogP contribution in [0.25, 0.3) is 0 Å². The van der Waals surface area contributed by atoms with Gasteiger partial charge in [-0.15, -0.1) is 0 Å². The third kappa shape index (κ3) is 5.28. The average molecular weight is 392 g/mol. The molecule has 152 valence electrons. The Bertz CT molecular complexity index is 767. The maximum atomic E-state index is 12.5. The second-order valence-electron chi connectivity index (χ2n) is 7.71. The van der Waals surface area contributed by atoms with Crippen molar-refractivity contribution in [1.29, 1.82) is 0 Å². The predicted molar refractivity (Wildman–Crippen MR) is 98.2 cm³/mol. The first-order valence-corrected chi connectivity index (χ1v) is 8.95. The van der Waals surface area contributed by atoms with Crippen LogP contribution in [0.1, 0.15) is 46.1 Å². The summed E-state index contributed by atoms with van der Waals surface area (Å²) in [4.78, 5) is 48.5. The van der Waals surface area contributed by atoms with E-state index >= 15 is 0 Å². The minimum atomic E-state index is -1.03. The van der Waals surface area contributed by atoms with Crippen molar-refractivity contribution in [3.63, 3.8) is 0 Å². The van der Waals surface area contributed by atoms with Crippen molar-refractivity contribution in [2.75, 3.05) is 0 Å². The molecule has 2 rings (SSSR count). The van der Waals surface area contributed by atoms with Gasteiger partial charge in [-0.3, -0.25) is 14.9 Å². The van der Waals surface area contributed by atoms with Crippen LogP contribution in [-0.2, 0) is 25.7 Å². The largest absolute Gasteiger partial charge is 0.458 e. The molecule has 0 radical (unpaired) electrons. The van der Waals surface area contributed by atoms with Gasteiger partial charge >= 0.3 is 12.1 Å². The van der Waals surface area contributed by atoms with Crippen molar-refractivity contribution < 1.29 is 28.8 Å². The van der Waals surface area contributed by atoms with E-state index in [2.05, 4.69) is 0 Å². The van der Waals surface area contributed by atoms with Gasteiger partial charge in [0.2, 0.25) is 5.91 Å².